The van der Waals surface area contributed by atoms with Crippen LogP contribution >= 0.6 is 0 Å². The van der Waals surface area contributed by atoms with Crippen LogP contribution < -0.4 is 4.74 Å². The summed E-state index contributed by atoms with van der Waals surface area (Å²) in [7, 11) is 1.29. The fourth-order valence-electron chi connectivity index (χ4n) is 1.92. The lowest BCUT2D eigenvalue weighted by molar-refractivity contribution is -0.385. The molecule has 2 rings (SSSR count). The summed E-state index contributed by atoms with van der Waals surface area (Å²) in [5.74, 6) is -1.42. The minimum atomic E-state index is -1.27. The molecular formula is C16H13NO7. The van der Waals surface area contributed by atoms with E-state index < -0.39 is 16.6 Å². The van der Waals surface area contributed by atoms with Crippen molar-refractivity contribution < 1.29 is 29.1 Å². The van der Waals surface area contributed by atoms with Crippen molar-refractivity contribution in [1.82, 2.24) is 0 Å². The molecule has 0 unspecified atom stereocenters. The molecule has 0 spiro atoms. The number of aromatic carboxylic acids is 1. The molecule has 24 heavy (non-hydrogen) atoms. The van der Waals surface area contributed by atoms with Crippen LogP contribution in [0.5, 0.6) is 11.5 Å². The Bertz CT molecular complexity index is 784. The number of carbonyl (C=O) groups is 2. The van der Waals surface area contributed by atoms with Crippen LogP contribution in [0.2, 0.25) is 0 Å². The van der Waals surface area contributed by atoms with E-state index in [9.17, 15) is 19.7 Å². The normalized spacial score (nSPS) is 10.0. The van der Waals surface area contributed by atoms with Gasteiger partial charge in [0.15, 0.2) is 0 Å². The predicted molar refractivity (Wildman–Crippen MR) is 82.3 cm³/mol. The molecule has 0 radical (unpaired) electrons. The summed E-state index contributed by atoms with van der Waals surface area (Å²) in [6.45, 7) is 0. The monoisotopic (exact) mass is 331 g/mol. The summed E-state index contributed by atoms with van der Waals surface area (Å²) in [6.07, 6.45) is 0.101. The number of rotatable bonds is 6. The topological polar surface area (TPSA) is 116 Å². The maximum Gasteiger partial charge on any atom is 0.335 e. The van der Waals surface area contributed by atoms with E-state index >= 15 is 0 Å². The van der Waals surface area contributed by atoms with Crippen molar-refractivity contribution in [1.29, 1.82) is 0 Å². The number of carboxylic acid groups (broad SMARTS) is 1. The highest BCUT2D eigenvalue weighted by atomic mass is 16.6. The number of benzene rings is 2. The van der Waals surface area contributed by atoms with E-state index in [4.69, 9.17) is 9.84 Å². The molecular weight excluding hydrogens is 318 g/mol. The van der Waals surface area contributed by atoms with Crippen molar-refractivity contribution in [2.75, 3.05) is 7.11 Å². The van der Waals surface area contributed by atoms with Gasteiger partial charge in [0.05, 0.1) is 24.0 Å². The number of carbonyl (C=O) groups excluding carboxylic acids is 1. The van der Waals surface area contributed by atoms with Gasteiger partial charge in [0.1, 0.15) is 5.75 Å². The second-order valence-electron chi connectivity index (χ2n) is 4.74. The third-order valence-corrected chi connectivity index (χ3v) is 3.13. The molecule has 8 nitrogen and oxygen atoms in total. The minimum absolute atomic E-state index is 0.0780. The van der Waals surface area contributed by atoms with Crippen LogP contribution in [0.1, 0.15) is 15.9 Å². The van der Waals surface area contributed by atoms with Gasteiger partial charge in [-0.05, 0) is 29.8 Å². The SMILES string of the molecule is COC(=O)Cc1ccc(Oc2ccc(C(=O)O)cc2[N+](=O)[O-])cc1. The molecule has 0 aliphatic rings. The van der Waals surface area contributed by atoms with E-state index in [1.165, 1.54) is 19.2 Å². The Labute approximate surface area is 136 Å². The van der Waals surface area contributed by atoms with E-state index in [-0.39, 0.29) is 23.7 Å². The second-order valence-corrected chi connectivity index (χ2v) is 4.74. The van der Waals surface area contributed by atoms with Gasteiger partial charge < -0.3 is 14.6 Å². The Hall–Kier alpha value is -3.42. The molecule has 0 atom stereocenters. The first-order valence-corrected chi connectivity index (χ1v) is 6.76. The van der Waals surface area contributed by atoms with Gasteiger partial charge in [-0.1, -0.05) is 12.1 Å². The van der Waals surface area contributed by atoms with Crippen LogP contribution in [0.3, 0.4) is 0 Å². The van der Waals surface area contributed by atoms with Crippen LogP contribution in [0.15, 0.2) is 42.5 Å². The van der Waals surface area contributed by atoms with Crippen molar-refractivity contribution in [3.63, 3.8) is 0 Å². The fourth-order valence-corrected chi connectivity index (χ4v) is 1.92. The quantitative estimate of drug-likeness (QED) is 0.491. The van der Waals surface area contributed by atoms with Crippen LogP contribution in [0, 0.1) is 10.1 Å². The molecule has 0 heterocycles. The number of methoxy groups -OCH3 is 1. The van der Waals surface area contributed by atoms with Gasteiger partial charge in [0.25, 0.3) is 0 Å². The molecule has 2 aromatic carbocycles. The molecule has 0 saturated heterocycles. The first-order chi connectivity index (χ1) is 11.4. The molecule has 2 aromatic rings. The molecule has 0 amide bonds. The third kappa shape index (κ3) is 4.07. The van der Waals surface area contributed by atoms with E-state index in [0.29, 0.717) is 11.3 Å². The van der Waals surface area contributed by atoms with Gasteiger partial charge in [0, 0.05) is 6.07 Å². The zero-order chi connectivity index (χ0) is 17.7. The third-order valence-electron chi connectivity index (χ3n) is 3.13. The van der Waals surface area contributed by atoms with Gasteiger partial charge in [-0.25, -0.2) is 4.79 Å². The summed E-state index contributed by atoms with van der Waals surface area (Å²) in [5.41, 5.74) is 0.0425. The van der Waals surface area contributed by atoms with Gasteiger partial charge >= 0.3 is 17.6 Å². The number of esters is 1. The van der Waals surface area contributed by atoms with Crippen molar-refractivity contribution in [2.45, 2.75) is 6.42 Å². The largest absolute Gasteiger partial charge is 0.478 e. The summed E-state index contributed by atoms with van der Waals surface area (Å²) in [6, 6.07) is 9.73. The Morgan fingerprint density at radius 3 is 2.38 bits per heavy atom. The van der Waals surface area contributed by atoms with Crippen molar-refractivity contribution in [3.05, 3.63) is 63.7 Å². The Morgan fingerprint density at radius 1 is 1.17 bits per heavy atom. The average molecular weight is 331 g/mol. The molecule has 124 valence electrons. The lowest BCUT2D eigenvalue weighted by Crippen LogP contribution is -2.04. The number of nitro benzene ring substituents is 1. The van der Waals surface area contributed by atoms with Gasteiger partial charge in [-0.15, -0.1) is 0 Å². The maximum absolute atomic E-state index is 11.2. The molecule has 0 bridgehead atoms. The molecule has 0 aliphatic heterocycles. The van der Waals surface area contributed by atoms with Crippen molar-refractivity contribution >= 4 is 17.6 Å². The van der Waals surface area contributed by atoms with Crippen LogP contribution in [0.25, 0.3) is 0 Å². The van der Waals surface area contributed by atoms with Gasteiger partial charge in [-0.2, -0.15) is 0 Å². The highest BCUT2D eigenvalue weighted by Gasteiger charge is 2.19. The fraction of sp³-hybridized carbons (Fsp3) is 0.125. The molecule has 0 aliphatic carbocycles. The number of nitro groups is 1. The lowest BCUT2D eigenvalue weighted by atomic mass is 10.1. The first-order valence-electron chi connectivity index (χ1n) is 6.76. The summed E-state index contributed by atoms with van der Waals surface area (Å²) >= 11 is 0. The number of nitrogens with zero attached hydrogens (tertiary/aromatic N) is 1. The molecule has 0 saturated carbocycles. The molecule has 0 aromatic heterocycles. The summed E-state index contributed by atoms with van der Waals surface area (Å²) < 4.78 is 10.0. The number of hydrogen-bond donors (Lipinski definition) is 1. The Balaban J connectivity index is 2.23. The van der Waals surface area contributed by atoms with Gasteiger partial charge in [0.2, 0.25) is 5.75 Å². The summed E-state index contributed by atoms with van der Waals surface area (Å²) in [4.78, 5) is 32.4. The van der Waals surface area contributed by atoms with Crippen LogP contribution in [0.4, 0.5) is 5.69 Å². The Kier molecular flexibility index (Phi) is 5.10. The first kappa shape index (κ1) is 16.9. The lowest BCUT2D eigenvalue weighted by Gasteiger charge is -2.08. The Morgan fingerprint density at radius 2 is 1.83 bits per heavy atom. The highest BCUT2D eigenvalue weighted by molar-refractivity contribution is 5.88. The maximum atomic E-state index is 11.2. The zero-order valence-corrected chi connectivity index (χ0v) is 12.6. The average Bonchev–Trinajstić information content (AvgIpc) is 2.56. The van der Waals surface area contributed by atoms with E-state index in [1.807, 2.05) is 0 Å². The number of hydrogen-bond acceptors (Lipinski definition) is 6. The number of carboxylic acids is 1. The zero-order valence-electron chi connectivity index (χ0n) is 12.6. The molecule has 0 fully saturated rings. The highest BCUT2D eigenvalue weighted by Crippen LogP contribution is 2.32. The number of ether oxygens (including phenoxy) is 2. The van der Waals surface area contributed by atoms with E-state index in [0.717, 1.165) is 6.07 Å². The smallest absolute Gasteiger partial charge is 0.335 e. The van der Waals surface area contributed by atoms with Crippen molar-refractivity contribution in [3.8, 4) is 11.5 Å². The van der Waals surface area contributed by atoms with Crippen LogP contribution in [-0.2, 0) is 16.0 Å². The minimum Gasteiger partial charge on any atom is -0.478 e. The standard InChI is InChI=1S/C16H13NO7/c1-23-15(18)8-10-2-5-12(6-3-10)24-14-7-4-11(16(19)20)9-13(14)17(21)22/h2-7,9H,8H2,1H3,(H,19,20). The molecule has 1 N–H and O–H groups in total. The van der Waals surface area contributed by atoms with E-state index in [2.05, 4.69) is 4.74 Å². The van der Waals surface area contributed by atoms with E-state index in [1.54, 1.807) is 24.3 Å². The van der Waals surface area contributed by atoms with Crippen molar-refractivity contribution in [2.24, 2.45) is 0 Å². The predicted octanol–water partition coefficient (Wildman–Crippen LogP) is 2.80. The second kappa shape index (κ2) is 7.23. The van der Waals surface area contributed by atoms with Gasteiger partial charge in [-0.3, -0.25) is 14.9 Å². The summed E-state index contributed by atoms with van der Waals surface area (Å²) in [5, 5.41) is 20.0. The van der Waals surface area contributed by atoms with Crippen LogP contribution in [-0.4, -0.2) is 29.1 Å². The molecule has 8 heteroatoms.